The normalized spacial score (nSPS) is 11.8. The zero-order valence-corrected chi connectivity index (χ0v) is 11.7. The molecule has 100 valence electrons. The van der Waals surface area contributed by atoms with Crippen LogP contribution in [0.15, 0.2) is 24.3 Å². The first-order valence-corrected chi connectivity index (χ1v) is 6.36. The molecule has 2 N–H and O–H groups in total. The van der Waals surface area contributed by atoms with Crippen LogP contribution in [-0.2, 0) is 6.54 Å². The fourth-order valence-corrected chi connectivity index (χ4v) is 1.61. The SMILES string of the molecule is CC(C)C(C)(C)CNCc1ccccc1C(=O)O. The zero-order valence-electron chi connectivity index (χ0n) is 11.7. The van der Waals surface area contributed by atoms with Crippen LogP contribution in [-0.4, -0.2) is 17.6 Å². The average Bonchev–Trinajstić information content (AvgIpc) is 2.29. The minimum atomic E-state index is -0.865. The van der Waals surface area contributed by atoms with Crippen LogP contribution >= 0.6 is 0 Å². The molecule has 1 aromatic carbocycles. The van der Waals surface area contributed by atoms with Crippen molar-refractivity contribution in [3.63, 3.8) is 0 Å². The van der Waals surface area contributed by atoms with Crippen LogP contribution in [0.3, 0.4) is 0 Å². The molecule has 0 saturated heterocycles. The number of carboxylic acid groups (broad SMARTS) is 1. The second kappa shape index (κ2) is 6.01. The Bertz CT molecular complexity index is 411. The van der Waals surface area contributed by atoms with Crippen LogP contribution in [0.5, 0.6) is 0 Å². The second-order valence-corrected chi connectivity index (χ2v) is 5.71. The third-order valence-electron chi connectivity index (χ3n) is 3.71. The largest absolute Gasteiger partial charge is 0.478 e. The van der Waals surface area contributed by atoms with Gasteiger partial charge in [-0.3, -0.25) is 0 Å². The number of rotatable bonds is 6. The predicted molar refractivity (Wildman–Crippen MR) is 73.7 cm³/mol. The van der Waals surface area contributed by atoms with E-state index >= 15 is 0 Å². The highest BCUT2D eigenvalue weighted by Gasteiger charge is 2.21. The van der Waals surface area contributed by atoms with Crippen molar-refractivity contribution in [1.29, 1.82) is 0 Å². The summed E-state index contributed by atoms with van der Waals surface area (Å²) in [6, 6.07) is 7.13. The topological polar surface area (TPSA) is 49.3 Å². The summed E-state index contributed by atoms with van der Waals surface area (Å²) in [4.78, 5) is 11.1. The fourth-order valence-electron chi connectivity index (χ4n) is 1.61. The third-order valence-corrected chi connectivity index (χ3v) is 3.71. The van der Waals surface area contributed by atoms with E-state index in [0.717, 1.165) is 12.1 Å². The molecular formula is C15H23NO2. The van der Waals surface area contributed by atoms with E-state index in [2.05, 4.69) is 33.0 Å². The van der Waals surface area contributed by atoms with Gasteiger partial charge in [0.1, 0.15) is 0 Å². The summed E-state index contributed by atoms with van der Waals surface area (Å²) in [5, 5.41) is 12.4. The Labute approximate surface area is 109 Å². The lowest BCUT2D eigenvalue weighted by molar-refractivity contribution is 0.0695. The van der Waals surface area contributed by atoms with Crippen molar-refractivity contribution in [1.82, 2.24) is 5.32 Å². The third kappa shape index (κ3) is 3.84. The quantitative estimate of drug-likeness (QED) is 0.814. The number of nitrogens with one attached hydrogen (secondary N) is 1. The number of hydrogen-bond acceptors (Lipinski definition) is 2. The van der Waals surface area contributed by atoms with Crippen molar-refractivity contribution >= 4 is 5.97 Å². The minimum Gasteiger partial charge on any atom is -0.478 e. The average molecular weight is 249 g/mol. The van der Waals surface area contributed by atoms with Crippen molar-refractivity contribution < 1.29 is 9.90 Å². The standard InChI is InChI=1S/C15H23NO2/c1-11(2)15(3,4)10-16-9-12-7-5-6-8-13(12)14(17)18/h5-8,11,16H,9-10H2,1-4H3,(H,17,18). The number of aromatic carboxylic acids is 1. The van der Waals surface area contributed by atoms with Crippen LogP contribution in [0.25, 0.3) is 0 Å². The molecule has 0 atom stereocenters. The molecule has 0 aliphatic heterocycles. The van der Waals surface area contributed by atoms with E-state index in [0.29, 0.717) is 18.0 Å². The molecule has 0 unspecified atom stereocenters. The molecule has 3 heteroatoms. The lowest BCUT2D eigenvalue weighted by Crippen LogP contribution is -2.33. The molecule has 0 aromatic heterocycles. The Morgan fingerprint density at radius 1 is 1.33 bits per heavy atom. The molecule has 0 heterocycles. The minimum absolute atomic E-state index is 0.207. The maximum atomic E-state index is 11.1. The fraction of sp³-hybridized carbons (Fsp3) is 0.533. The molecular weight excluding hydrogens is 226 g/mol. The van der Waals surface area contributed by atoms with Crippen LogP contribution in [0.1, 0.15) is 43.6 Å². The van der Waals surface area contributed by atoms with E-state index in [1.54, 1.807) is 12.1 Å². The zero-order chi connectivity index (χ0) is 13.8. The first kappa shape index (κ1) is 14.7. The molecule has 18 heavy (non-hydrogen) atoms. The number of benzene rings is 1. The van der Waals surface area contributed by atoms with E-state index in [-0.39, 0.29) is 5.41 Å². The van der Waals surface area contributed by atoms with Gasteiger partial charge in [-0.2, -0.15) is 0 Å². The molecule has 0 aliphatic rings. The van der Waals surface area contributed by atoms with Gasteiger partial charge in [0, 0.05) is 13.1 Å². The number of carboxylic acids is 1. The van der Waals surface area contributed by atoms with Gasteiger partial charge in [-0.05, 0) is 23.0 Å². The molecule has 0 radical (unpaired) electrons. The van der Waals surface area contributed by atoms with Gasteiger partial charge >= 0.3 is 5.97 Å². The summed E-state index contributed by atoms with van der Waals surface area (Å²) in [7, 11) is 0. The van der Waals surface area contributed by atoms with E-state index in [9.17, 15) is 4.79 Å². The van der Waals surface area contributed by atoms with Crippen molar-refractivity contribution in [3.05, 3.63) is 35.4 Å². The van der Waals surface area contributed by atoms with Crippen LogP contribution in [0.4, 0.5) is 0 Å². The highest BCUT2D eigenvalue weighted by molar-refractivity contribution is 5.89. The molecule has 1 rings (SSSR count). The smallest absolute Gasteiger partial charge is 0.336 e. The molecule has 1 aromatic rings. The van der Waals surface area contributed by atoms with Crippen molar-refractivity contribution in [2.24, 2.45) is 11.3 Å². The van der Waals surface area contributed by atoms with Crippen molar-refractivity contribution in [3.8, 4) is 0 Å². The lowest BCUT2D eigenvalue weighted by Gasteiger charge is -2.29. The Hall–Kier alpha value is -1.35. The van der Waals surface area contributed by atoms with Gasteiger partial charge in [-0.25, -0.2) is 4.79 Å². The van der Waals surface area contributed by atoms with Gasteiger partial charge in [-0.15, -0.1) is 0 Å². The predicted octanol–water partition coefficient (Wildman–Crippen LogP) is 3.16. The first-order chi connectivity index (χ1) is 8.34. The van der Waals surface area contributed by atoms with E-state index in [1.807, 2.05) is 12.1 Å². The molecule has 0 bridgehead atoms. The summed E-state index contributed by atoms with van der Waals surface area (Å²) in [6.07, 6.45) is 0. The number of carbonyl (C=O) groups is 1. The maximum absolute atomic E-state index is 11.1. The van der Waals surface area contributed by atoms with Gasteiger partial charge in [0.25, 0.3) is 0 Å². The Balaban J connectivity index is 2.62. The molecule has 0 aliphatic carbocycles. The molecule has 0 fully saturated rings. The highest BCUT2D eigenvalue weighted by atomic mass is 16.4. The van der Waals surface area contributed by atoms with Gasteiger partial charge < -0.3 is 10.4 Å². The second-order valence-electron chi connectivity index (χ2n) is 5.71. The Kier molecular flexibility index (Phi) is 4.91. The summed E-state index contributed by atoms with van der Waals surface area (Å²) in [5.41, 5.74) is 1.43. The van der Waals surface area contributed by atoms with E-state index in [4.69, 9.17) is 5.11 Å². The van der Waals surface area contributed by atoms with Crippen LogP contribution in [0, 0.1) is 11.3 Å². The summed E-state index contributed by atoms with van der Waals surface area (Å²) < 4.78 is 0. The van der Waals surface area contributed by atoms with Crippen molar-refractivity contribution in [2.45, 2.75) is 34.2 Å². The Morgan fingerprint density at radius 2 is 1.94 bits per heavy atom. The van der Waals surface area contributed by atoms with Crippen LogP contribution in [0.2, 0.25) is 0 Å². The lowest BCUT2D eigenvalue weighted by atomic mass is 9.81. The summed E-state index contributed by atoms with van der Waals surface area (Å²) in [5.74, 6) is -0.282. The van der Waals surface area contributed by atoms with Crippen LogP contribution < -0.4 is 5.32 Å². The van der Waals surface area contributed by atoms with E-state index in [1.165, 1.54) is 0 Å². The monoisotopic (exact) mass is 249 g/mol. The highest BCUT2D eigenvalue weighted by Crippen LogP contribution is 2.24. The van der Waals surface area contributed by atoms with Gasteiger partial charge in [-0.1, -0.05) is 45.9 Å². The summed E-state index contributed by atoms with van der Waals surface area (Å²) in [6.45, 7) is 10.3. The molecule has 3 nitrogen and oxygen atoms in total. The molecule has 0 spiro atoms. The maximum Gasteiger partial charge on any atom is 0.336 e. The van der Waals surface area contributed by atoms with Crippen molar-refractivity contribution in [2.75, 3.05) is 6.54 Å². The van der Waals surface area contributed by atoms with Gasteiger partial charge in [0.15, 0.2) is 0 Å². The Morgan fingerprint density at radius 3 is 2.50 bits per heavy atom. The van der Waals surface area contributed by atoms with E-state index < -0.39 is 5.97 Å². The first-order valence-electron chi connectivity index (χ1n) is 6.36. The van der Waals surface area contributed by atoms with Gasteiger partial charge in [0.05, 0.1) is 5.56 Å². The molecule has 0 amide bonds. The molecule has 0 saturated carbocycles. The van der Waals surface area contributed by atoms with Gasteiger partial charge in [0.2, 0.25) is 0 Å². The summed E-state index contributed by atoms with van der Waals surface area (Å²) >= 11 is 0. The number of hydrogen-bond donors (Lipinski definition) is 2.